The van der Waals surface area contributed by atoms with Crippen molar-refractivity contribution >= 4 is 42.6 Å². The van der Waals surface area contributed by atoms with Gasteiger partial charge in [0.15, 0.2) is 6.17 Å². The number of hydrogen-bond acceptors (Lipinski definition) is 8. The van der Waals surface area contributed by atoms with E-state index in [1.807, 2.05) is 0 Å². The van der Waals surface area contributed by atoms with E-state index >= 15 is 0 Å². The van der Waals surface area contributed by atoms with Gasteiger partial charge < -0.3 is 14.8 Å². The Morgan fingerprint density at radius 2 is 2.02 bits per heavy atom. The summed E-state index contributed by atoms with van der Waals surface area (Å²) in [4.78, 5) is 25.8. The molecule has 9 nitrogen and oxygen atoms in total. The van der Waals surface area contributed by atoms with Crippen molar-refractivity contribution in [2.45, 2.75) is 36.6 Å². The molecule has 0 aliphatic carbocycles. The Bertz CT molecular complexity index is 1780. The molecule has 1 aromatic carbocycles. The molecule has 2 atom stereocenters. The van der Waals surface area contributed by atoms with Crippen LogP contribution in [0.3, 0.4) is 0 Å². The number of benzene rings is 1. The third-order valence-electron chi connectivity index (χ3n) is 6.51. The van der Waals surface area contributed by atoms with Crippen LogP contribution in [0.15, 0.2) is 58.0 Å². The highest BCUT2D eigenvalue weighted by molar-refractivity contribution is 9.10. The van der Waals surface area contributed by atoms with Crippen molar-refractivity contribution in [1.82, 2.24) is 20.3 Å². The number of carbonyl (C=O) groups excluding carboxylic acids is 1. The predicted octanol–water partition coefficient (Wildman–Crippen LogP) is 5.36. The number of amides is 1. The molecule has 1 amide bonds. The molecule has 0 saturated carbocycles. The van der Waals surface area contributed by atoms with Crippen LogP contribution in [0.25, 0.3) is 22.2 Å². The Labute approximate surface area is 247 Å². The van der Waals surface area contributed by atoms with Crippen LogP contribution in [0.5, 0.6) is 5.88 Å². The molecule has 1 aliphatic heterocycles. The molecule has 1 N–H and O–H groups in total. The van der Waals surface area contributed by atoms with E-state index in [-0.39, 0.29) is 47.4 Å². The van der Waals surface area contributed by atoms with Crippen molar-refractivity contribution < 1.29 is 35.9 Å². The summed E-state index contributed by atoms with van der Waals surface area (Å²) in [6, 6.07) is 10.7. The van der Waals surface area contributed by atoms with Crippen LogP contribution in [0.1, 0.15) is 40.4 Å². The van der Waals surface area contributed by atoms with E-state index < -0.39 is 40.7 Å². The van der Waals surface area contributed by atoms with E-state index in [0.717, 1.165) is 6.07 Å². The minimum absolute atomic E-state index is 0.0153. The number of alkyl halides is 3. The van der Waals surface area contributed by atoms with E-state index in [1.165, 1.54) is 12.1 Å². The first-order chi connectivity index (χ1) is 20.1. The van der Waals surface area contributed by atoms with Gasteiger partial charge in [0.1, 0.15) is 6.67 Å². The highest BCUT2D eigenvalue weighted by Crippen LogP contribution is 2.33. The van der Waals surface area contributed by atoms with E-state index in [1.54, 1.807) is 37.4 Å². The SMILES string of the molecule is CCOc1nc([C@@H](F)CF)ccc1-c1ccc2cnc(CNC(=O)c3cc(Br)c4c(c3)S(=O)(=O)[C@@H](F)COC4)cc2n1. The molecule has 42 heavy (non-hydrogen) atoms. The van der Waals surface area contributed by atoms with Crippen LogP contribution in [0.4, 0.5) is 13.2 Å². The molecule has 0 fully saturated rings. The van der Waals surface area contributed by atoms with Crippen LogP contribution in [0, 0.1) is 0 Å². The number of rotatable bonds is 8. The summed E-state index contributed by atoms with van der Waals surface area (Å²) in [5.41, 5.74) is -0.0878. The van der Waals surface area contributed by atoms with Crippen molar-refractivity contribution in [2.75, 3.05) is 19.9 Å². The van der Waals surface area contributed by atoms with Gasteiger partial charge in [-0.1, -0.05) is 15.9 Å². The Hall–Kier alpha value is -3.62. The molecule has 14 heteroatoms. The fourth-order valence-electron chi connectivity index (χ4n) is 4.34. The van der Waals surface area contributed by atoms with Gasteiger partial charge in [0.05, 0.1) is 59.4 Å². The monoisotopic (exact) mass is 664 g/mol. The maximum absolute atomic E-state index is 14.2. The van der Waals surface area contributed by atoms with Gasteiger partial charge in [-0.3, -0.25) is 9.78 Å². The first-order valence-electron chi connectivity index (χ1n) is 12.8. The number of carbonyl (C=O) groups is 1. The Morgan fingerprint density at radius 3 is 2.79 bits per heavy atom. The van der Waals surface area contributed by atoms with Gasteiger partial charge in [-0.05, 0) is 49.4 Å². The summed E-state index contributed by atoms with van der Waals surface area (Å²) in [5.74, 6) is -0.469. The second-order valence-electron chi connectivity index (χ2n) is 9.30. The zero-order chi connectivity index (χ0) is 30.0. The normalized spacial score (nSPS) is 16.8. The molecule has 0 spiro atoms. The van der Waals surface area contributed by atoms with Crippen molar-refractivity contribution in [2.24, 2.45) is 0 Å². The third kappa shape index (κ3) is 5.96. The van der Waals surface area contributed by atoms with Gasteiger partial charge in [0.2, 0.25) is 21.2 Å². The zero-order valence-corrected chi connectivity index (χ0v) is 24.5. The molecule has 0 saturated heterocycles. The minimum Gasteiger partial charge on any atom is -0.477 e. The second kappa shape index (κ2) is 12.3. The highest BCUT2D eigenvalue weighted by Gasteiger charge is 2.34. The molecule has 4 heterocycles. The minimum atomic E-state index is -4.34. The number of sulfone groups is 1. The molecule has 5 rings (SSSR count). The second-order valence-corrected chi connectivity index (χ2v) is 12.2. The summed E-state index contributed by atoms with van der Waals surface area (Å²) >= 11 is 3.27. The lowest BCUT2D eigenvalue weighted by atomic mass is 10.1. The largest absolute Gasteiger partial charge is 0.477 e. The molecular formula is C28H24BrF3N4O5S. The summed E-state index contributed by atoms with van der Waals surface area (Å²) < 4.78 is 77.2. The molecule has 1 aliphatic rings. The average Bonchev–Trinajstić information content (AvgIpc) is 3.10. The van der Waals surface area contributed by atoms with E-state index in [0.29, 0.717) is 32.3 Å². The van der Waals surface area contributed by atoms with Crippen LogP contribution in [0.2, 0.25) is 0 Å². The van der Waals surface area contributed by atoms with Gasteiger partial charge in [-0.15, -0.1) is 0 Å². The summed E-state index contributed by atoms with van der Waals surface area (Å²) in [5, 5.41) is 3.41. The quantitative estimate of drug-likeness (QED) is 0.267. The van der Waals surface area contributed by atoms with E-state index in [9.17, 15) is 26.4 Å². The topological polar surface area (TPSA) is 120 Å². The van der Waals surface area contributed by atoms with E-state index in [2.05, 4.69) is 36.2 Å². The van der Waals surface area contributed by atoms with Crippen molar-refractivity contribution in [3.05, 3.63) is 75.6 Å². The lowest BCUT2D eigenvalue weighted by molar-refractivity contribution is 0.0946. The number of fused-ring (bicyclic) bond motifs is 2. The number of aromatic nitrogens is 3. The maximum atomic E-state index is 14.2. The average molecular weight is 665 g/mol. The maximum Gasteiger partial charge on any atom is 0.251 e. The number of pyridine rings is 3. The summed E-state index contributed by atoms with van der Waals surface area (Å²) in [7, 11) is -4.34. The molecule has 0 bridgehead atoms. The fraction of sp³-hybridized carbons (Fsp3) is 0.286. The molecule has 4 aromatic rings. The first-order valence-corrected chi connectivity index (χ1v) is 15.1. The number of nitrogens with zero attached hydrogens (tertiary/aromatic N) is 3. The first kappa shape index (κ1) is 29.9. The lowest BCUT2D eigenvalue weighted by Crippen LogP contribution is -2.24. The molecule has 0 radical (unpaired) electrons. The van der Waals surface area contributed by atoms with Gasteiger partial charge in [-0.2, -0.15) is 0 Å². The fourth-order valence-corrected chi connectivity index (χ4v) is 6.41. The predicted molar refractivity (Wildman–Crippen MR) is 151 cm³/mol. The number of hydrogen-bond donors (Lipinski definition) is 1. The van der Waals surface area contributed by atoms with Crippen LogP contribution >= 0.6 is 15.9 Å². The van der Waals surface area contributed by atoms with Crippen LogP contribution < -0.4 is 10.1 Å². The third-order valence-corrected chi connectivity index (χ3v) is 9.01. The standard InChI is InChI=1S/C28H24BrF3N4O5S/c1-2-41-28-18(4-6-23(36-28)21(31)10-30)22-5-3-15-11-33-17(9-24(15)35-22)12-34-27(37)16-7-20(29)19-13-40-14-26(32)42(38,39)25(19)8-16/h3-9,11,21,26H,2,10,12-14H2,1H3,(H,34,37)/t21-,26+/m0/s1. The number of halogens is 4. The van der Waals surface area contributed by atoms with Crippen molar-refractivity contribution in [3.8, 4) is 17.1 Å². The molecule has 220 valence electrons. The number of ether oxygens (including phenoxy) is 2. The molecular weight excluding hydrogens is 641 g/mol. The van der Waals surface area contributed by atoms with Gasteiger partial charge in [0, 0.05) is 27.2 Å². The number of nitrogens with one attached hydrogen (secondary N) is 1. The lowest BCUT2D eigenvalue weighted by Gasteiger charge is -2.13. The van der Waals surface area contributed by atoms with Crippen molar-refractivity contribution in [3.63, 3.8) is 0 Å². The van der Waals surface area contributed by atoms with Gasteiger partial charge in [0.25, 0.3) is 5.91 Å². The van der Waals surface area contributed by atoms with Gasteiger partial charge in [-0.25, -0.2) is 31.6 Å². The van der Waals surface area contributed by atoms with Crippen LogP contribution in [-0.4, -0.2) is 54.7 Å². The summed E-state index contributed by atoms with van der Waals surface area (Å²) in [6.07, 6.45) is -0.280. The van der Waals surface area contributed by atoms with E-state index in [4.69, 9.17) is 9.47 Å². The van der Waals surface area contributed by atoms with Gasteiger partial charge >= 0.3 is 0 Å². The smallest absolute Gasteiger partial charge is 0.251 e. The van der Waals surface area contributed by atoms with Crippen molar-refractivity contribution in [1.29, 1.82) is 0 Å². The Morgan fingerprint density at radius 1 is 1.21 bits per heavy atom. The molecule has 3 aromatic heterocycles. The summed E-state index contributed by atoms with van der Waals surface area (Å²) in [6.45, 7) is 0.0723. The Kier molecular flexibility index (Phi) is 8.76. The zero-order valence-electron chi connectivity index (χ0n) is 22.1. The molecule has 0 unspecified atom stereocenters. The van der Waals surface area contributed by atoms with Crippen LogP contribution in [-0.2, 0) is 27.7 Å². The highest BCUT2D eigenvalue weighted by atomic mass is 79.9. The Balaban J connectivity index is 1.39.